The minimum atomic E-state index is -0.434. The third-order valence-corrected chi connectivity index (χ3v) is 5.56. The summed E-state index contributed by atoms with van der Waals surface area (Å²) in [5.74, 6) is -0.852. The number of halogens is 2. The SMILES string of the molecule is Cc1ccc(C(=O)NN2C(=O)C(=Cc3c(Cl)cccc3Cl)SC2=S)cc1. The first-order chi connectivity index (χ1) is 12.4. The maximum absolute atomic E-state index is 12.6. The van der Waals surface area contributed by atoms with Gasteiger partial charge in [0.05, 0.1) is 4.91 Å². The summed E-state index contributed by atoms with van der Waals surface area (Å²) in [5, 5.41) is 1.90. The van der Waals surface area contributed by atoms with Gasteiger partial charge >= 0.3 is 0 Å². The van der Waals surface area contributed by atoms with Crippen molar-refractivity contribution in [3.8, 4) is 0 Å². The molecule has 0 spiro atoms. The first kappa shape index (κ1) is 18.9. The Labute approximate surface area is 170 Å². The van der Waals surface area contributed by atoms with E-state index < -0.39 is 11.8 Å². The third-order valence-electron chi connectivity index (χ3n) is 3.60. The monoisotopic (exact) mass is 422 g/mol. The number of carbonyl (C=O) groups excluding carboxylic acids is 2. The van der Waals surface area contributed by atoms with Gasteiger partial charge < -0.3 is 0 Å². The Morgan fingerprint density at radius 1 is 1.15 bits per heavy atom. The van der Waals surface area contributed by atoms with Crippen LogP contribution in [0.2, 0.25) is 10.0 Å². The van der Waals surface area contributed by atoms with Crippen molar-refractivity contribution >= 4 is 69.4 Å². The van der Waals surface area contributed by atoms with Crippen molar-refractivity contribution in [2.24, 2.45) is 0 Å². The van der Waals surface area contributed by atoms with E-state index in [4.69, 9.17) is 35.4 Å². The average Bonchev–Trinajstić information content (AvgIpc) is 2.86. The predicted molar refractivity (Wildman–Crippen MR) is 110 cm³/mol. The molecule has 2 amide bonds. The van der Waals surface area contributed by atoms with Crippen molar-refractivity contribution in [3.05, 3.63) is 74.1 Å². The van der Waals surface area contributed by atoms with Crippen LogP contribution in [0, 0.1) is 6.92 Å². The molecular formula is C18H12Cl2N2O2S2. The summed E-state index contributed by atoms with van der Waals surface area (Å²) in [5.41, 5.74) is 4.53. The lowest BCUT2D eigenvalue weighted by Gasteiger charge is -2.15. The fourth-order valence-corrected chi connectivity index (χ4v) is 3.88. The van der Waals surface area contributed by atoms with Gasteiger partial charge in [0.1, 0.15) is 0 Å². The molecule has 0 radical (unpaired) electrons. The number of amides is 2. The third kappa shape index (κ3) is 3.94. The molecule has 1 aliphatic heterocycles. The van der Waals surface area contributed by atoms with Gasteiger partial charge in [-0.1, -0.05) is 58.7 Å². The van der Waals surface area contributed by atoms with Gasteiger partial charge in [0.15, 0.2) is 4.32 Å². The lowest BCUT2D eigenvalue weighted by molar-refractivity contribution is -0.123. The number of thiocarbonyl (C=S) groups is 1. The van der Waals surface area contributed by atoms with Gasteiger partial charge in [-0.3, -0.25) is 15.0 Å². The molecule has 0 unspecified atom stereocenters. The van der Waals surface area contributed by atoms with Crippen molar-refractivity contribution < 1.29 is 9.59 Å². The van der Waals surface area contributed by atoms with Crippen molar-refractivity contribution in [2.75, 3.05) is 0 Å². The van der Waals surface area contributed by atoms with Gasteiger partial charge in [-0.25, -0.2) is 0 Å². The molecule has 1 saturated heterocycles. The molecule has 8 heteroatoms. The van der Waals surface area contributed by atoms with E-state index in [1.54, 1.807) is 36.4 Å². The number of aryl methyl sites for hydroxylation is 1. The molecular weight excluding hydrogens is 411 g/mol. The molecule has 2 aromatic carbocycles. The Bertz CT molecular complexity index is 922. The first-order valence-electron chi connectivity index (χ1n) is 7.46. The van der Waals surface area contributed by atoms with Crippen molar-refractivity contribution in [3.63, 3.8) is 0 Å². The number of benzene rings is 2. The van der Waals surface area contributed by atoms with E-state index in [1.807, 2.05) is 19.1 Å². The Hall–Kier alpha value is -1.86. The summed E-state index contributed by atoms with van der Waals surface area (Å²) >= 11 is 18.6. The summed E-state index contributed by atoms with van der Waals surface area (Å²) in [7, 11) is 0. The quantitative estimate of drug-likeness (QED) is 0.567. The molecule has 4 nitrogen and oxygen atoms in total. The molecule has 0 aromatic heterocycles. The highest BCUT2D eigenvalue weighted by Gasteiger charge is 2.34. The smallest absolute Gasteiger partial charge is 0.267 e. The molecule has 132 valence electrons. The zero-order chi connectivity index (χ0) is 18.8. The van der Waals surface area contributed by atoms with Crippen LogP contribution in [0.5, 0.6) is 0 Å². The van der Waals surface area contributed by atoms with Crippen LogP contribution < -0.4 is 5.43 Å². The molecule has 1 heterocycles. The van der Waals surface area contributed by atoms with E-state index >= 15 is 0 Å². The molecule has 0 atom stereocenters. The maximum Gasteiger partial charge on any atom is 0.285 e. The number of hydrogen-bond donors (Lipinski definition) is 1. The Kier molecular flexibility index (Phi) is 5.67. The minimum Gasteiger partial charge on any atom is -0.267 e. The largest absolute Gasteiger partial charge is 0.285 e. The number of hydrogen-bond acceptors (Lipinski definition) is 4. The molecule has 1 N–H and O–H groups in total. The second kappa shape index (κ2) is 7.80. The second-order valence-corrected chi connectivity index (χ2v) is 7.95. The number of hydrazine groups is 1. The van der Waals surface area contributed by atoms with E-state index in [0.29, 0.717) is 26.1 Å². The van der Waals surface area contributed by atoms with Gasteiger partial charge in [0.25, 0.3) is 11.8 Å². The van der Waals surface area contributed by atoms with E-state index in [1.165, 1.54) is 0 Å². The summed E-state index contributed by atoms with van der Waals surface area (Å²) in [6.07, 6.45) is 1.57. The van der Waals surface area contributed by atoms with E-state index in [2.05, 4.69) is 5.43 Å². The van der Waals surface area contributed by atoms with Crippen LogP contribution in [-0.4, -0.2) is 21.1 Å². The Balaban J connectivity index is 1.82. The van der Waals surface area contributed by atoms with Gasteiger partial charge in [0.2, 0.25) is 0 Å². The van der Waals surface area contributed by atoms with E-state index in [-0.39, 0.29) is 4.32 Å². The van der Waals surface area contributed by atoms with Crippen molar-refractivity contribution in [1.29, 1.82) is 0 Å². The molecule has 0 saturated carbocycles. The van der Waals surface area contributed by atoms with Crippen LogP contribution in [0.1, 0.15) is 21.5 Å². The summed E-state index contributed by atoms with van der Waals surface area (Å²) in [6, 6.07) is 12.1. The topological polar surface area (TPSA) is 49.4 Å². The van der Waals surface area contributed by atoms with Crippen molar-refractivity contribution in [1.82, 2.24) is 10.4 Å². The number of thioether (sulfide) groups is 1. The summed E-state index contributed by atoms with van der Waals surface area (Å²) in [6.45, 7) is 1.92. The van der Waals surface area contributed by atoms with Gasteiger partial charge in [-0.05, 0) is 49.5 Å². The number of carbonyl (C=O) groups is 2. The van der Waals surface area contributed by atoms with Crippen molar-refractivity contribution in [2.45, 2.75) is 6.92 Å². The lowest BCUT2D eigenvalue weighted by Crippen LogP contribution is -2.44. The zero-order valence-corrected chi connectivity index (χ0v) is 16.6. The molecule has 2 aromatic rings. The van der Waals surface area contributed by atoms with E-state index in [0.717, 1.165) is 22.3 Å². The van der Waals surface area contributed by atoms with Crippen LogP contribution in [0.3, 0.4) is 0 Å². The lowest BCUT2D eigenvalue weighted by atomic mass is 10.1. The first-order valence-corrected chi connectivity index (χ1v) is 9.44. The number of rotatable bonds is 3. The predicted octanol–water partition coefficient (Wildman–Crippen LogP) is 4.85. The number of nitrogens with one attached hydrogen (secondary N) is 1. The Morgan fingerprint density at radius 2 is 1.77 bits per heavy atom. The van der Waals surface area contributed by atoms with E-state index in [9.17, 15) is 9.59 Å². The molecule has 3 rings (SSSR count). The van der Waals surface area contributed by atoms with Crippen LogP contribution in [0.15, 0.2) is 47.4 Å². The van der Waals surface area contributed by atoms with Gasteiger partial charge in [0, 0.05) is 21.2 Å². The second-order valence-electron chi connectivity index (χ2n) is 5.46. The highest BCUT2D eigenvalue weighted by atomic mass is 35.5. The molecule has 26 heavy (non-hydrogen) atoms. The van der Waals surface area contributed by atoms with Gasteiger partial charge in [-0.2, -0.15) is 5.01 Å². The van der Waals surface area contributed by atoms with Gasteiger partial charge in [-0.15, -0.1) is 0 Å². The fourth-order valence-electron chi connectivity index (χ4n) is 2.21. The van der Waals surface area contributed by atoms with Crippen LogP contribution >= 0.6 is 47.2 Å². The number of nitrogens with zero attached hydrogens (tertiary/aromatic N) is 1. The zero-order valence-electron chi connectivity index (χ0n) is 13.5. The van der Waals surface area contributed by atoms with Crippen LogP contribution in [0.4, 0.5) is 0 Å². The highest BCUT2D eigenvalue weighted by molar-refractivity contribution is 8.26. The molecule has 0 bridgehead atoms. The maximum atomic E-state index is 12.6. The normalized spacial score (nSPS) is 15.7. The summed E-state index contributed by atoms with van der Waals surface area (Å²) < 4.78 is 0.227. The summed E-state index contributed by atoms with van der Waals surface area (Å²) in [4.78, 5) is 25.3. The standard InChI is InChI=1S/C18H12Cl2N2O2S2/c1-10-5-7-11(8-6-10)16(23)21-22-17(24)15(26-18(22)25)9-12-13(19)3-2-4-14(12)20/h2-9H,1H3,(H,21,23). The fraction of sp³-hybridized carbons (Fsp3) is 0.0556. The Morgan fingerprint density at radius 3 is 2.38 bits per heavy atom. The highest BCUT2D eigenvalue weighted by Crippen LogP contribution is 2.35. The van der Waals surface area contributed by atoms with Crippen LogP contribution in [0.25, 0.3) is 6.08 Å². The molecule has 1 aliphatic rings. The molecule has 1 fully saturated rings. The average molecular weight is 423 g/mol. The minimum absolute atomic E-state index is 0.227. The van der Waals surface area contributed by atoms with Crippen LogP contribution in [-0.2, 0) is 4.79 Å². The molecule has 0 aliphatic carbocycles.